The summed E-state index contributed by atoms with van der Waals surface area (Å²) in [6.45, 7) is -0.311. The molecule has 0 aliphatic carbocycles. The van der Waals surface area contributed by atoms with E-state index in [4.69, 9.17) is 0 Å². The number of nitrogens with zero attached hydrogens (tertiary/aromatic N) is 1. The van der Waals surface area contributed by atoms with E-state index in [2.05, 4.69) is 15.6 Å². The smallest absolute Gasteiger partial charge is 0.270 e. The van der Waals surface area contributed by atoms with Crippen LogP contribution in [0.4, 0.5) is 14.5 Å². The third-order valence-corrected chi connectivity index (χ3v) is 2.51. The number of amides is 2. The van der Waals surface area contributed by atoms with E-state index >= 15 is 0 Å². The van der Waals surface area contributed by atoms with Gasteiger partial charge in [-0.3, -0.25) is 14.6 Å². The molecule has 0 saturated heterocycles. The van der Waals surface area contributed by atoms with Crippen molar-refractivity contribution in [2.75, 3.05) is 11.9 Å². The molecule has 0 aliphatic heterocycles. The average Bonchev–Trinajstić information content (AvgIpc) is 2.49. The third-order valence-electron chi connectivity index (χ3n) is 2.51. The molecular weight excluding hydrogens is 280 g/mol. The van der Waals surface area contributed by atoms with E-state index in [0.717, 1.165) is 12.1 Å². The number of carbonyl (C=O) groups excluding carboxylic acids is 2. The number of halogens is 2. The normalized spacial score (nSPS) is 10.0. The van der Waals surface area contributed by atoms with Gasteiger partial charge in [0.2, 0.25) is 5.91 Å². The molecule has 0 atom stereocenters. The lowest BCUT2D eigenvalue weighted by atomic mass is 10.3. The molecule has 0 aliphatic rings. The van der Waals surface area contributed by atoms with Gasteiger partial charge in [0.05, 0.1) is 6.54 Å². The van der Waals surface area contributed by atoms with Crippen molar-refractivity contribution < 1.29 is 18.4 Å². The van der Waals surface area contributed by atoms with Gasteiger partial charge in [0, 0.05) is 18.0 Å². The van der Waals surface area contributed by atoms with Crippen LogP contribution in [0.25, 0.3) is 0 Å². The van der Waals surface area contributed by atoms with Crippen LogP contribution in [0.3, 0.4) is 0 Å². The molecule has 0 saturated carbocycles. The molecule has 7 heteroatoms. The molecular formula is C14H11F2N3O2. The van der Waals surface area contributed by atoms with Crippen LogP contribution in [0.1, 0.15) is 10.5 Å². The van der Waals surface area contributed by atoms with Crippen molar-refractivity contribution in [2.24, 2.45) is 0 Å². The first-order chi connectivity index (χ1) is 10.1. The lowest BCUT2D eigenvalue weighted by molar-refractivity contribution is -0.115. The van der Waals surface area contributed by atoms with Crippen molar-refractivity contribution in [1.29, 1.82) is 0 Å². The second-order valence-corrected chi connectivity index (χ2v) is 4.07. The highest BCUT2D eigenvalue weighted by atomic mass is 19.2. The number of nitrogens with one attached hydrogen (secondary N) is 2. The summed E-state index contributed by atoms with van der Waals surface area (Å²) in [6, 6.07) is 7.78. The Balaban J connectivity index is 1.87. The fraction of sp³-hybridized carbons (Fsp3) is 0.0714. The summed E-state index contributed by atoms with van der Waals surface area (Å²) in [5, 5.41) is 4.70. The van der Waals surface area contributed by atoms with E-state index in [-0.39, 0.29) is 17.9 Å². The maximum atomic E-state index is 13.0. The molecule has 0 fully saturated rings. The Morgan fingerprint density at radius 1 is 1.10 bits per heavy atom. The lowest BCUT2D eigenvalue weighted by Gasteiger charge is -2.07. The third kappa shape index (κ3) is 4.07. The minimum Gasteiger partial charge on any atom is -0.342 e. The van der Waals surface area contributed by atoms with Crippen LogP contribution in [-0.2, 0) is 4.79 Å². The highest BCUT2D eigenvalue weighted by Gasteiger charge is 2.10. The van der Waals surface area contributed by atoms with E-state index in [1.54, 1.807) is 12.1 Å². The zero-order valence-electron chi connectivity index (χ0n) is 10.8. The highest BCUT2D eigenvalue weighted by molar-refractivity contribution is 5.98. The zero-order valence-corrected chi connectivity index (χ0v) is 10.8. The monoisotopic (exact) mass is 291 g/mol. The van der Waals surface area contributed by atoms with Crippen molar-refractivity contribution in [3.8, 4) is 0 Å². The number of rotatable bonds is 4. The molecule has 2 amide bonds. The number of benzene rings is 1. The van der Waals surface area contributed by atoms with Crippen molar-refractivity contribution in [3.63, 3.8) is 0 Å². The Morgan fingerprint density at radius 2 is 1.90 bits per heavy atom. The second-order valence-electron chi connectivity index (χ2n) is 4.07. The summed E-state index contributed by atoms with van der Waals surface area (Å²) >= 11 is 0. The summed E-state index contributed by atoms with van der Waals surface area (Å²) in [4.78, 5) is 27.0. The standard InChI is InChI=1S/C14H11F2N3O2/c15-10-5-4-9(7-11(10)16)19-13(20)8-18-14(21)12-3-1-2-6-17-12/h1-7H,8H2,(H,18,21)(H,19,20). The SMILES string of the molecule is O=C(CNC(=O)c1ccccn1)Nc1ccc(F)c(F)c1. The molecule has 0 spiro atoms. The van der Waals surface area contributed by atoms with Crippen molar-refractivity contribution >= 4 is 17.5 Å². The highest BCUT2D eigenvalue weighted by Crippen LogP contribution is 2.12. The Morgan fingerprint density at radius 3 is 2.57 bits per heavy atom. The largest absolute Gasteiger partial charge is 0.342 e. The van der Waals surface area contributed by atoms with Crippen LogP contribution >= 0.6 is 0 Å². The fourth-order valence-corrected chi connectivity index (χ4v) is 1.53. The summed E-state index contributed by atoms with van der Waals surface area (Å²) in [6.07, 6.45) is 1.45. The Labute approximate surface area is 119 Å². The first kappa shape index (κ1) is 14.6. The quantitative estimate of drug-likeness (QED) is 0.901. The fourth-order valence-electron chi connectivity index (χ4n) is 1.53. The summed E-state index contributed by atoms with van der Waals surface area (Å²) in [7, 11) is 0. The van der Waals surface area contributed by atoms with E-state index in [1.807, 2.05) is 0 Å². The zero-order chi connectivity index (χ0) is 15.2. The Bertz CT molecular complexity index is 663. The summed E-state index contributed by atoms with van der Waals surface area (Å²) < 4.78 is 25.7. The predicted octanol–water partition coefficient (Wildman–Crippen LogP) is 1.73. The maximum absolute atomic E-state index is 13.0. The van der Waals surface area contributed by atoms with Gasteiger partial charge >= 0.3 is 0 Å². The molecule has 21 heavy (non-hydrogen) atoms. The van der Waals surface area contributed by atoms with Crippen LogP contribution in [0.15, 0.2) is 42.6 Å². The van der Waals surface area contributed by atoms with Crippen LogP contribution in [0.5, 0.6) is 0 Å². The van der Waals surface area contributed by atoms with Crippen LogP contribution < -0.4 is 10.6 Å². The molecule has 0 unspecified atom stereocenters. The van der Waals surface area contributed by atoms with Gasteiger partial charge in [0.25, 0.3) is 5.91 Å². The van der Waals surface area contributed by atoms with Gasteiger partial charge in [-0.25, -0.2) is 8.78 Å². The average molecular weight is 291 g/mol. The molecule has 108 valence electrons. The number of anilines is 1. The van der Waals surface area contributed by atoms with Gasteiger partial charge in [0.15, 0.2) is 11.6 Å². The number of carbonyl (C=O) groups is 2. The van der Waals surface area contributed by atoms with Crippen molar-refractivity contribution in [2.45, 2.75) is 0 Å². The number of hydrogen-bond donors (Lipinski definition) is 2. The molecule has 5 nitrogen and oxygen atoms in total. The molecule has 1 aromatic carbocycles. The molecule has 2 rings (SSSR count). The molecule has 2 N–H and O–H groups in total. The van der Waals surface area contributed by atoms with Gasteiger partial charge in [0.1, 0.15) is 5.69 Å². The van der Waals surface area contributed by atoms with Gasteiger partial charge in [-0.2, -0.15) is 0 Å². The van der Waals surface area contributed by atoms with Crippen molar-refractivity contribution in [3.05, 3.63) is 59.9 Å². The molecule has 0 bridgehead atoms. The van der Waals surface area contributed by atoms with Gasteiger partial charge in [-0.05, 0) is 24.3 Å². The summed E-state index contributed by atoms with van der Waals surface area (Å²) in [5.41, 5.74) is 0.282. The molecule has 2 aromatic rings. The number of hydrogen-bond acceptors (Lipinski definition) is 3. The minimum atomic E-state index is -1.06. The Hall–Kier alpha value is -2.83. The van der Waals surface area contributed by atoms with Gasteiger partial charge < -0.3 is 10.6 Å². The first-order valence-electron chi connectivity index (χ1n) is 6.00. The number of aromatic nitrogens is 1. The lowest BCUT2D eigenvalue weighted by Crippen LogP contribution is -2.33. The van der Waals surface area contributed by atoms with Crippen LogP contribution in [0.2, 0.25) is 0 Å². The van der Waals surface area contributed by atoms with Crippen molar-refractivity contribution in [1.82, 2.24) is 10.3 Å². The van der Waals surface area contributed by atoms with E-state index in [1.165, 1.54) is 18.3 Å². The second kappa shape index (κ2) is 6.56. The van der Waals surface area contributed by atoms with Gasteiger partial charge in [-0.1, -0.05) is 6.07 Å². The van der Waals surface area contributed by atoms with Crippen LogP contribution in [-0.4, -0.2) is 23.3 Å². The number of pyridine rings is 1. The topological polar surface area (TPSA) is 71.1 Å². The first-order valence-corrected chi connectivity index (χ1v) is 6.00. The maximum Gasteiger partial charge on any atom is 0.270 e. The predicted molar refractivity (Wildman–Crippen MR) is 71.6 cm³/mol. The van der Waals surface area contributed by atoms with E-state index in [9.17, 15) is 18.4 Å². The van der Waals surface area contributed by atoms with E-state index in [0.29, 0.717) is 0 Å². The molecule has 0 radical (unpaired) electrons. The van der Waals surface area contributed by atoms with Crippen LogP contribution in [0, 0.1) is 11.6 Å². The molecule has 1 aromatic heterocycles. The molecule has 1 heterocycles. The Kier molecular flexibility index (Phi) is 4.55. The van der Waals surface area contributed by atoms with E-state index < -0.39 is 23.4 Å². The van der Waals surface area contributed by atoms with Gasteiger partial charge in [-0.15, -0.1) is 0 Å². The minimum absolute atomic E-state index is 0.103. The summed E-state index contributed by atoms with van der Waals surface area (Å²) in [5.74, 6) is -3.14.